The smallest absolute Gasteiger partial charge is 0.253 e. The Morgan fingerprint density at radius 1 is 1.11 bits per heavy atom. The molecule has 1 N–H and O–H groups in total. The van der Waals surface area contributed by atoms with Gasteiger partial charge in [0.05, 0.1) is 0 Å². The topological polar surface area (TPSA) is 66.5 Å². The first-order chi connectivity index (χ1) is 12.7. The number of sulfonamides is 1. The van der Waals surface area contributed by atoms with Gasteiger partial charge in [-0.15, -0.1) is 11.3 Å². The zero-order chi connectivity index (χ0) is 19.7. The van der Waals surface area contributed by atoms with Crippen molar-refractivity contribution in [2.45, 2.75) is 49.3 Å². The molecular weight excluding hydrogens is 380 g/mol. The molecule has 1 aromatic carbocycles. The summed E-state index contributed by atoms with van der Waals surface area (Å²) in [4.78, 5) is 14.5. The van der Waals surface area contributed by atoms with Crippen molar-refractivity contribution in [2.24, 2.45) is 0 Å². The van der Waals surface area contributed by atoms with E-state index in [1.165, 1.54) is 16.9 Å². The van der Waals surface area contributed by atoms with Crippen molar-refractivity contribution in [1.29, 1.82) is 0 Å². The zero-order valence-electron chi connectivity index (χ0n) is 15.9. The lowest BCUT2D eigenvalue weighted by atomic mass is 9.86. The van der Waals surface area contributed by atoms with Crippen molar-refractivity contribution < 1.29 is 13.2 Å². The molecule has 0 aliphatic carbocycles. The second-order valence-electron chi connectivity index (χ2n) is 7.95. The maximum absolute atomic E-state index is 12.7. The highest BCUT2D eigenvalue weighted by Crippen LogP contribution is 2.23. The summed E-state index contributed by atoms with van der Waals surface area (Å²) in [5.41, 5.74) is 1.93. The average Bonchev–Trinajstić information content (AvgIpc) is 3.17. The summed E-state index contributed by atoms with van der Waals surface area (Å²) >= 11 is 1.21. The van der Waals surface area contributed by atoms with Crippen LogP contribution in [-0.2, 0) is 15.4 Å². The molecule has 0 atom stereocenters. The van der Waals surface area contributed by atoms with E-state index in [-0.39, 0.29) is 17.4 Å². The molecule has 2 heterocycles. The van der Waals surface area contributed by atoms with Crippen LogP contribution in [0.4, 0.5) is 0 Å². The van der Waals surface area contributed by atoms with E-state index < -0.39 is 10.0 Å². The van der Waals surface area contributed by atoms with Crippen LogP contribution in [0.1, 0.15) is 49.5 Å². The lowest BCUT2D eigenvalue weighted by Gasteiger charge is -2.32. The number of nitrogens with zero attached hydrogens (tertiary/aromatic N) is 1. The van der Waals surface area contributed by atoms with Crippen LogP contribution in [0, 0.1) is 0 Å². The number of carbonyl (C=O) groups excluding carboxylic acids is 1. The average molecular weight is 407 g/mol. The van der Waals surface area contributed by atoms with Crippen LogP contribution in [0.25, 0.3) is 0 Å². The first-order valence-corrected chi connectivity index (χ1v) is 11.5. The van der Waals surface area contributed by atoms with Crippen molar-refractivity contribution in [3.63, 3.8) is 0 Å². The quantitative estimate of drug-likeness (QED) is 0.843. The summed E-state index contributed by atoms with van der Waals surface area (Å²) in [5.74, 6) is 0.00928. The van der Waals surface area contributed by atoms with Crippen molar-refractivity contribution in [3.05, 3.63) is 52.9 Å². The van der Waals surface area contributed by atoms with E-state index in [0.29, 0.717) is 35.7 Å². The molecular formula is C20H26N2O3S2. The minimum absolute atomic E-state index is 0.00928. The predicted molar refractivity (Wildman–Crippen MR) is 109 cm³/mol. The maximum Gasteiger partial charge on any atom is 0.253 e. The fourth-order valence-corrected chi connectivity index (χ4v) is 5.50. The molecule has 1 aromatic heterocycles. The SMILES string of the molecule is CC(C)(C)c1ccc(C(=O)N2CCC(NS(=O)(=O)c3cccs3)CC2)cc1. The van der Waals surface area contributed by atoms with Crippen molar-refractivity contribution in [3.8, 4) is 0 Å². The van der Waals surface area contributed by atoms with E-state index in [1.54, 1.807) is 17.5 Å². The Morgan fingerprint density at radius 2 is 1.74 bits per heavy atom. The molecule has 2 aromatic rings. The molecule has 146 valence electrons. The van der Waals surface area contributed by atoms with Gasteiger partial charge in [0, 0.05) is 24.7 Å². The molecule has 1 amide bonds. The van der Waals surface area contributed by atoms with Gasteiger partial charge in [-0.3, -0.25) is 4.79 Å². The molecule has 1 aliphatic heterocycles. The number of hydrogen-bond acceptors (Lipinski definition) is 4. The Labute approximate surface area is 165 Å². The van der Waals surface area contributed by atoms with Crippen LogP contribution in [0.5, 0.6) is 0 Å². The summed E-state index contributed by atoms with van der Waals surface area (Å²) in [7, 11) is -3.46. The van der Waals surface area contributed by atoms with Crippen LogP contribution >= 0.6 is 11.3 Å². The van der Waals surface area contributed by atoms with Gasteiger partial charge < -0.3 is 4.90 Å². The van der Waals surface area contributed by atoms with E-state index in [1.807, 2.05) is 29.2 Å². The van der Waals surface area contributed by atoms with Crippen LogP contribution in [-0.4, -0.2) is 38.4 Å². The fourth-order valence-electron chi connectivity index (χ4n) is 3.19. The summed E-state index contributed by atoms with van der Waals surface area (Å²) in [5, 5.41) is 1.75. The molecule has 3 rings (SSSR count). The van der Waals surface area contributed by atoms with Crippen molar-refractivity contribution in [1.82, 2.24) is 9.62 Å². The van der Waals surface area contributed by atoms with Gasteiger partial charge in [0.15, 0.2) is 0 Å². The van der Waals surface area contributed by atoms with E-state index in [4.69, 9.17) is 0 Å². The molecule has 1 aliphatic rings. The Hall–Kier alpha value is -1.70. The largest absolute Gasteiger partial charge is 0.339 e. The number of carbonyl (C=O) groups is 1. The molecule has 0 bridgehead atoms. The normalized spacial score (nSPS) is 16.5. The lowest BCUT2D eigenvalue weighted by Crippen LogP contribution is -2.46. The first kappa shape index (κ1) is 20.0. The zero-order valence-corrected chi connectivity index (χ0v) is 17.6. The second-order valence-corrected chi connectivity index (χ2v) is 10.8. The van der Waals surface area contributed by atoms with Crippen molar-refractivity contribution >= 4 is 27.3 Å². The van der Waals surface area contributed by atoms with Gasteiger partial charge in [-0.25, -0.2) is 13.1 Å². The Balaban J connectivity index is 1.58. The number of hydrogen-bond donors (Lipinski definition) is 1. The number of nitrogens with one attached hydrogen (secondary N) is 1. The van der Waals surface area contributed by atoms with Gasteiger partial charge in [-0.2, -0.15) is 0 Å². The number of amides is 1. The minimum Gasteiger partial charge on any atom is -0.339 e. The highest BCUT2D eigenvalue weighted by molar-refractivity contribution is 7.91. The summed E-state index contributed by atoms with van der Waals surface area (Å²) < 4.78 is 27.8. The Bertz CT molecular complexity index is 874. The standard InChI is InChI=1S/C20H26N2O3S2/c1-20(2,3)16-8-6-15(7-9-16)19(23)22-12-10-17(11-13-22)21-27(24,25)18-5-4-14-26-18/h4-9,14,17,21H,10-13H2,1-3H3. The number of piperidine rings is 1. The van der Waals surface area contributed by atoms with Gasteiger partial charge in [0.2, 0.25) is 10.0 Å². The van der Waals surface area contributed by atoms with Gasteiger partial charge in [0.1, 0.15) is 4.21 Å². The Kier molecular flexibility index (Phi) is 5.74. The van der Waals surface area contributed by atoms with Gasteiger partial charge in [-0.05, 0) is 47.4 Å². The van der Waals surface area contributed by atoms with Gasteiger partial charge in [0.25, 0.3) is 5.91 Å². The predicted octanol–water partition coefficient (Wildman–Crippen LogP) is 3.63. The van der Waals surface area contributed by atoms with Crippen LogP contribution in [0.15, 0.2) is 46.0 Å². The highest BCUT2D eigenvalue weighted by atomic mass is 32.2. The molecule has 0 saturated carbocycles. The second kappa shape index (κ2) is 7.73. The molecule has 5 nitrogen and oxygen atoms in total. The van der Waals surface area contributed by atoms with Gasteiger partial charge >= 0.3 is 0 Å². The highest BCUT2D eigenvalue weighted by Gasteiger charge is 2.27. The summed E-state index contributed by atoms with van der Waals surface area (Å²) in [6.07, 6.45) is 1.24. The number of thiophene rings is 1. The number of rotatable bonds is 4. The van der Waals surface area contributed by atoms with Crippen molar-refractivity contribution in [2.75, 3.05) is 13.1 Å². The monoisotopic (exact) mass is 406 g/mol. The van der Waals surface area contributed by atoms with Crippen LogP contribution in [0.2, 0.25) is 0 Å². The third kappa shape index (κ3) is 4.78. The van der Waals surface area contributed by atoms with Crippen LogP contribution in [0.3, 0.4) is 0 Å². The molecule has 7 heteroatoms. The molecule has 1 saturated heterocycles. The molecule has 27 heavy (non-hydrogen) atoms. The van der Waals surface area contributed by atoms with E-state index in [9.17, 15) is 13.2 Å². The fraction of sp³-hybridized carbons (Fsp3) is 0.450. The molecule has 0 radical (unpaired) electrons. The summed E-state index contributed by atoms with van der Waals surface area (Å²) in [6, 6.07) is 11.0. The minimum atomic E-state index is -3.46. The maximum atomic E-state index is 12.7. The van der Waals surface area contributed by atoms with E-state index in [0.717, 1.165) is 0 Å². The number of likely N-dealkylation sites (tertiary alicyclic amines) is 1. The van der Waals surface area contributed by atoms with Gasteiger partial charge in [-0.1, -0.05) is 39.0 Å². The third-order valence-corrected chi connectivity index (χ3v) is 7.78. The number of benzene rings is 1. The lowest BCUT2D eigenvalue weighted by molar-refractivity contribution is 0.0711. The molecule has 0 spiro atoms. The molecule has 0 unspecified atom stereocenters. The molecule has 1 fully saturated rings. The van der Waals surface area contributed by atoms with E-state index in [2.05, 4.69) is 25.5 Å². The summed E-state index contributed by atoms with van der Waals surface area (Å²) in [6.45, 7) is 7.54. The Morgan fingerprint density at radius 3 is 2.26 bits per heavy atom. The first-order valence-electron chi connectivity index (χ1n) is 9.12. The van der Waals surface area contributed by atoms with Crippen LogP contribution < -0.4 is 4.72 Å². The third-order valence-electron chi connectivity index (χ3n) is 4.86. The van der Waals surface area contributed by atoms with E-state index >= 15 is 0 Å².